The maximum Gasteiger partial charge on any atom is 0.126 e. The van der Waals surface area contributed by atoms with E-state index in [1.54, 1.807) is 0 Å². The van der Waals surface area contributed by atoms with Gasteiger partial charge in [0.25, 0.3) is 0 Å². The number of hydrogen-bond acceptors (Lipinski definition) is 3. The van der Waals surface area contributed by atoms with Gasteiger partial charge in [-0.15, -0.1) is 11.8 Å². The molecule has 0 radical (unpaired) electrons. The molecule has 0 amide bonds. The second kappa shape index (κ2) is 4.69. The summed E-state index contributed by atoms with van der Waals surface area (Å²) in [5.41, 5.74) is 0. The van der Waals surface area contributed by atoms with Crippen LogP contribution in [-0.2, 0) is 0 Å². The summed E-state index contributed by atoms with van der Waals surface area (Å²) in [5, 5.41) is 3.21. The molecule has 0 spiro atoms. The third-order valence-electron chi connectivity index (χ3n) is 1.51. The van der Waals surface area contributed by atoms with Crippen LogP contribution < -0.4 is 5.32 Å². The van der Waals surface area contributed by atoms with Crippen LogP contribution in [0.4, 0.5) is 5.82 Å². The Labute approximate surface area is 90.5 Å². The largest absolute Gasteiger partial charge is 0.370 e. The summed E-state index contributed by atoms with van der Waals surface area (Å²) >= 11 is 1.86. The zero-order valence-corrected chi connectivity index (χ0v) is 10.1. The van der Waals surface area contributed by atoms with Gasteiger partial charge in [-0.2, -0.15) is 0 Å². The molecule has 0 aromatic carbocycles. The molecule has 0 fully saturated rings. The average Bonchev–Trinajstić information content (AvgIpc) is 2.02. The van der Waals surface area contributed by atoms with Crippen molar-refractivity contribution in [3.05, 3.63) is 18.3 Å². The van der Waals surface area contributed by atoms with Crippen molar-refractivity contribution in [2.24, 2.45) is 0 Å². The number of nitrogens with one attached hydrogen (secondary N) is 1. The highest BCUT2D eigenvalue weighted by Gasteiger charge is 2.12. The summed E-state index contributed by atoms with van der Waals surface area (Å²) in [6.07, 6.45) is 1.85. The predicted molar refractivity (Wildman–Crippen MR) is 64.0 cm³/mol. The Morgan fingerprint density at radius 3 is 2.71 bits per heavy atom. The molecule has 0 saturated carbocycles. The standard InChI is InChI=1S/C11H18N2S/c1-5-12-10-8-9(6-7-13-10)14-11(2,3)4/h6-8H,5H2,1-4H3,(H,12,13). The van der Waals surface area contributed by atoms with E-state index in [4.69, 9.17) is 0 Å². The van der Waals surface area contributed by atoms with E-state index in [1.807, 2.05) is 18.0 Å². The van der Waals surface area contributed by atoms with Gasteiger partial charge in [0, 0.05) is 22.4 Å². The highest BCUT2D eigenvalue weighted by molar-refractivity contribution is 8.00. The van der Waals surface area contributed by atoms with Gasteiger partial charge in [0.15, 0.2) is 0 Å². The van der Waals surface area contributed by atoms with E-state index in [9.17, 15) is 0 Å². The number of anilines is 1. The number of nitrogens with zero attached hydrogens (tertiary/aromatic N) is 1. The van der Waals surface area contributed by atoms with E-state index in [-0.39, 0.29) is 4.75 Å². The van der Waals surface area contributed by atoms with Crippen molar-refractivity contribution in [1.29, 1.82) is 0 Å². The minimum atomic E-state index is 0.255. The Kier molecular flexibility index (Phi) is 3.81. The monoisotopic (exact) mass is 210 g/mol. The molecule has 1 rings (SSSR count). The maximum atomic E-state index is 4.23. The Balaban J connectivity index is 2.73. The van der Waals surface area contributed by atoms with Gasteiger partial charge in [-0.3, -0.25) is 0 Å². The van der Waals surface area contributed by atoms with Gasteiger partial charge in [-0.25, -0.2) is 4.98 Å². The van der Waals surface area contributed by atoms with Gasteiger partial charge in [0.2, 0.25) is 0 Å². The smallest absolute Gasteiger partial charge is 0.126 e. The van der Waals surface area contributed by atoms with Crippen LogP contribution in [0.3, 0.4) is 0 Å². The van der Waals surface area contributed by atoms with Gasteiger partial charge in [0.05, 0.1) is 0 Å². The van der Waals surface area contributed by atoms with Crippen LogP contribution in [0, 0.1) is 0 Å². The average molecular weight is 210 g/mol. The molecule has 1 N–H and O–H groups in total. The fourth-order valence-electron chi connectivity index (χ4n) is 1.11. The van der Waals surface area contributed by atoms with Crippen molar-refractivity contribution in [2.75, 3.05) is 11.9 Å². The summed E-state index contributed by atoms with van der Waals surface area (Å²) in [4.78, 5) is 5.50. The van der Waals surface area contributed by atoms with Crippen molar-refractivity contribution in [3.8, 4) is 0 Å². The van der Waals surface area contributed by atoms with Gasteiger partial charge in [-0.05, 0) is 19.1 Å². The predicted octanol–water partition coefficient (Wildman–Crippen LogP) is 3.40. The summed E-state index contributed by atoms with van der Waals surface area (Å²) in [7, 11) is 0. The molecule has 1 aromatic rings. The SMILES string of the molecule is CCNc1cc(SC(C)(C)C)ccn1. The molecule has 0 aliphatic rings. The van der Waals surface area contributed by atoms with Crippen LogP contribution in [0.5, 0.6) is 0 Å². The third-order valence-corrected chi connectivity index (χ3v) is 2.62. The first-order valence-electron chi connectivity index (χ1n) is 4.90. The molecule has 78 valence electrons. The van der Waals surface area contributed by atoms with Crippen LogP contribution >= 0.6 is 11.8 Å². The molecule has 0 unspecified atom stereocenters. The molecule has 2 nitrogen and oxygen atoms in total. The van der Waals surface area contributed by atoms with Crippen molar-refractivity contribution in [1.82, 2.24) is 4.98 Å². The van der Waals surface area contributed by atoms with Crippen molar-refractivity contribution in [3.63, 3.8) is 0 Å². The zero-order chi connectivity index (χ0) is 10.6. The first-order chi connectivity index (χ1) is 6.51. The Hall–Kier alpha value is -0.700. The van der Waals surface area contributed by atoms with Crippen LogP contribution in [0.25, 0.3) is 0 Å². The second-order valence-electron chi connectivity index (χ2n) is 4.12. The highest BCUT2D eigenvalue weighted by Crippen LogP contribution is 2.32. The quantitative estimate of drug-likeness (QED) is 0.774. The molecular weight excluding hydrogens is 192 g/mol. The normalized spacial score (nSPS) is 11.4. The van der Waals surface area contributed by atoms with E-state index in [2.05, 4.69) is 50.1 Å². The molecule has 0 bridgehead atoms. The third kappa shape index (κ3) is 4.01. The van der Waals surface area contributed by atoms with Crippen molar-refractivity contribution < 1.29 is 0 Å². The van der Waals surface area contributed by atoms with Gasteiger partial charge in [0.1, 0.15) is 5.82 Å². The topological polar surface area (TPSA) is 24.9 Å². The fourth-order valence-corrected chi connectivity index (χ4v) is 2.11. The molecule has 0 saturated heterocycles. The lowest BCUT2D eigenvalue weighted by Gasteiger charge is -2.17. The number of thioether (sulfide) groups is 1. The maximum absolute atomic E-state index is 4.23. The number of hydrogen-bond donors (Lipinski definition) is 1. The molecule has 3 heteroatoms. The van der Waals surface area contributed by atoms with Crippen molar-refractivity contribution in [2.45, 2.75) is 37.3 Å². The van der Waals surface area contributed by atoms with E-state index < -0.39 is 0 Å². The van der Waals surface area contributed by atoms with Gasteiger partial charge in [-0.1, -0.05) is 20.8 Å². The van der Waals surface area contributed by atoms with E-state index in [0.717, 1.165) is 12.4 Å². The Bertz CT molecular complexity index is 292. The van der Waals surface area contributed by atoms with E-state index in [1.165, 1.54) is 4.90 Å². The van der Waals surface area contributed by atoms with Crippen LogP contribution in [-0.4, -0.2) is 16.3 Å². The molecule has 0 aliphatic heterocycles. The van der Waals surface area contributed by atoms with Crippen LogP contribution in [0.15, 0.2) is 23.2 Å². The summed E-state index contributed by atoms with van der Waals surface area (Å²) < 4.78 is 0.255. The number of pyridine rings is 1. The van der Waals surface area contributed by atoms with Crippen LogP contribution in [0.1, 0.15) is 27.7 Å². The van der Waals surface area contributed by atoms with Gasteiger partial charge < -0.3 is 5.32 Å². The molecule has 1 aromatic heterocycles. The lowest BCUT2D eigenvalue weighted by atomic mass is 10.3. The first-order valence-corrected chi connectivity index (χ1v) is 5.72. The minimum Gasteiger partial charge on any atom is -0.370 e. The highest BCUT2D eigenvalue weighted by atomic mass is 32.2. The Morgan fingerprint density at radius 2 is 2.14 bits per heavy atom. The van der Waals surface area contributed by atoms with Crippen LogP contribution in [0.2, 0.25) is 0 Å². The molecule has 1 heterocycles. The number of aromatic nitrogens is 1. The lowest BCUT2D eigenvalue weighted by Crippen LogP contribution is -2.07. The first kappa shape index (κ1) is 11.4. The van der Waals surface area contributed by atoms with Crippen molar-refractivity contribution >= 4 is 17.6 Å². The molecular formula is C11H18N2S. The lowest BCUT2D eigenvalue weighted by molar-refractivity contribution is 0.802. The number of rotatable bonds is 3. The summed E-state index contributed by atoms with van der Waals surface area (Å²) in [5.74, 6) is 0.960. The Morgan fingerprint density at radius 1 is 1.43 bits per heavy atom. The van der Waals surface area contributed by atoms with E-state index in [0.29, 0.717) is 0 Å². The summed E-state index contributed by atoms with van der Waals surface area (Å²) in [6, 6.07) is 4.15. The zero-order valence-electron chi connectivity index (χ0n) is 9.29. The van der Waals surface area contributed by atoms with E-state index >= 15 is 0 Å². The minimum absolute atomic E-state index is 0.255. The molecule has 14 heavy (non-hydrogen) atoms. The second-order valence-corrected chi connectivity index (χ2v) is 6.02. The molecule has 0 atom stereocenters. The molecule has 0 aliphatic carbocycles. The van der Waals surface area contributed by atoms with Gasteiger partial charge >= 0.3 is 0 Å². The summed E-state index contributed by atoms with van der Waals surface area (Å²) in [6.45, 7) is 9.63. The fraction of sp³-hybridized carbons (Fsp3) is 0.545.